The average molecular weight is 367 g/mol. The van der Waals surface area contributed by atoms with Gasteiger partial charge < -0.3 is 13.9 Å². The molecule has 2 aromatic carbocycles. The van der Waals surface area contributed by atoms with Gasteiger partial charge in [-0.05, 0) is 37.3 Å². The standard InChI is InChI=1S/C19H17N3O5/c1-11(23)12-4-6-13(7-5-12)17(24)20-19-22-21-18(27-19)15-10-14(25-2)8-9-16(15)26-3/h4-10H,1-3H3,(H,20,22,24). The molecule has 138 valence electrons. The number of carbonyl (C=O) groups excluding carboxylic acids is 2. The van der Waals surface area contributed by atoms with E-state index in [0.29, 0.717) is 28.2 Å². The molecule has 1 amide bonds. The first-order chi connectivity index (χ1) is 13.0. The number of carbonyl (C=O) groups is 2. The van der Waals surface area contributed by atoms with Crippen LogP contribution >= 0.6 is 0 Å². The van der Waals surface area contributed by atoms with E-state index in [0.717, 1.165) is 0 Å². The van der Waals surface area contributed by atoms with Gasteiger partial charge in [0.15, 0.2) is 5.78 Å². The second-order valence-electron chi connectivity index (χ2n) is 5.57. The van der Waals surface area contributed by atoms with Crippen molar-refractivity contribution in [3.63, 3.8) is 0 Å². The van der Waals surface area contributed by atoms with Gasteiger partial charge in [0, 0.05) is 11.1 Å². The van der Waals surface area contributed by atoms with Gasteiger partial charge in [0.1, 0.15) is 11.5 Å². The molecule has 1 N–H and O–H groups in total. The Labute approximate surface area is 155 Å². The Morgan fingerprint density at radius 1 is 0.963 bits per heavy atom. The van der Waals surface area contributed by atoms with Crippen LogP contribution in [-0.4, -0.2) is 36.1 Å². The third kappa shape index (κ3) is 3.95. The fourth-order valence-electron chi connectivity index (χ4n) is 2.39. The summed E-state index contributed by atoms with van der Waals surface area (Å²) in [5.41, 5.74) is 1.42. The number of ether oxygens (including phenoxy) is 2. The highest BCUT2D eigenvalue weighted by Gasteiger charge is 2.17. The molecule has 0 bridgehead atoms. The molecule has 0 aliphatic rings. The van der Waals surface area contributed by atoms with Crippen molar-refractivity contribution >= 4 is 17.7 Å². The Morgan fingerprint density at radius 2 is 1.67 bits per heavy atom. The molecule has 0 aliphatic heterocycles. The summed E-state index contributed by atoms with van der Waals surface area (Å²) in [7, 11) is 3.07. The summed E-state index contributed by atoms with van der Waals surface area (Å²) in [5, 5.41) is 10.3. The topological polar surface area (TPSA) is 104 Å². The van der Waals surface area contributed by atoms with Crippen molar-refractivity contribution in [3.8, 4) is 23.0 Å². The van der Waals surface area contributed by atoms with Crippen LogP contribution in [0.2, 0.25) is 0 Å². The quantitative estimate of drug-likeness (QED) is 0.667. The number of amides is 1. The van der Waals surface area contributed by atoms with Gasteiger partial charge in [-0.1, -0.05) is 17.2 Å². The molecule has 27 heavy (non-hydrogen) atoms. The Balaban J connectivity index is 1.80. The maximum absolute atomic E-state index is 12.3. The Bertz CT molecular complexity index is 979. The number of nitrogens with one attached hydrogen (secondary N) is 1. The van der Waals surface area contributed by atoms with E-state index in [-0.39, 0.29) is 17.7 Å². The van der Waals surface area contributed by atoms with Gasteiger partial charge in [-0.3, -0.25) is 14.9 Å². The van der Waals surface area contributed by atoms with E-state index in [9.17, 15) is 9.59 Å². The summed E-state index contributed by atoms with van der Waals surface area (Å²) in [6, 6.07) is 11.4. The maximum Gasteiger partial charge on any atom is 0.322 e. The second-order valence-corrected chi connectivity index (χ2v) is 5.57. The molecule has 0 spiro atoms. The SMILES string of the molecule is COc1ccc(OC)c(-c2nnc(NC(=O)c3ccc(C(C)=O)cc3)o2)c1. The highest BCUT2D eigenvalue weighted by molar-refractivity contribution is 6.04. The molecule has 0 radical (unpaired) electrons. The number of methoxy groups -OCH3 is 2. The number of hydrogen-bond acceptors (Lipinski definition) is 7. The Morgan fingerprint density at radius 3 is 2.30 bits per heavy atom. The third-order valence-corrected chi connectivity index (χ3v) is 3.84. The van der Waals surface area contributed by atoms with Crippen LogP contribution in [0.25, 0.3) is 11.5 Å². The van der Waals surface area contributed by atoms with E-state index in [1.807, 2.05) is 0 Å². The van der Waals surface area contributed by atoms with Crippen molar-refractivity contribution in [3.05, 3.63) is 53.6 Å². The highest BCUT2D eigenvalue weighted by atomic mass is 16.5. The van der Waals surface area contributed by atoms with Gasteiger partial charge in [-0.15, -0.1) is 5.10 Å². The predicted molar refractivity (Wildman–Crippen MR) is 97.2 cm³/mol. The van der Waals surface area contributed by atoms with Crippen molar-refractivity contribution in [1.29, 1.82) is 0 Å². The molecular weight excluding hydrogens is 350 g/mol. The number of Topliss-reactive ketones (excluding diaryl/α,β-unsaturated/α-hetero) is 1. The molecule has 0 aliphatic carbocycles. The lowest BCUT2D eigenvalue weighted by atomic mass is 10.1. The summed E-state index contributed by atoms with van der Waals surface area (Å²) >= 11 is 0. The Kier molecular flexibility index (Phi) is 5.16. The summed E-state index contributed by atoms with van der Waals surface area (Å²) in [6.45, 7) is 1.46. The lowest BCUT2D eigenvalue weighted by Crippen LogP contribution is -2.12. The lowest BCUT2D eigenvalue weighted by Gasteiger charge is -2.07. The summed E-state index contributed by atoms with van der Waals surface area (Å²) in [5.74, 6) is 0.791. The normalized spacial score (nSPS) is 10.3. The van der Waals surface area contributed by atoms with Crippen LogP contribution in [0.15, 0.2) is 46.9 Å². The van der Waals surface area contributed by atoms with Crippen LogP contribution in [0.4, 0.5) is 6.01 Å². The van der Waals surface area contributed by atoms with E-state index >= 15 is 0 Å². The van der Waals surface area contributed by atoms with Gasteiger partial charge in [-0.25, -0.2) is 0 Å². The van der Waals surface area contributed by atoms with Crippen LogP contribution in [-0.2, 0) is 0 Å². The molecule has 1 heterocycles. The molecule has 0 atom stereocenters. The van der Waals surface area contributed by atoms with Gasteiger partial charge in [-0.2, -0.15) is 0 Å². The fraction of sp³-hybridized carbons (Fsp3) is 0.158. The van der Waals surface area contributed by atoms with Crippen molar-refractivity contribution < 1.29 is 23.5 Å². The Hall–Kier alpha value is -3.68. The second kappa shape index (κ2) is 7.69. The fourth-order valence-corrected chi connectivity index (χ4v) is 2.39. The first-order valence-corrected chi connectivity index (χ1v) is 8.00. The van der Waals surface area contributed by atoms with Crippen LogP contribution in [0.3, 0.4) is 0 Å². The summed E-state index contributed by atoms with van der Waals surface area (Å²) in [6.07, 6.45) is 0. The van der Waals surface area contributed by atoms with Crippen LogP contribution in [0, 0.1) is 0 Å². The van der Waals surface area contributed by atoms with E-state index < -0.39 is 5.91 Å². The monoisotopic (exact) mass is 367 g/mol. The average Bonchev–Trinajstić information content (AvgIpc) is 3.15. The smallest absolute Gasteiger partial charge is 0.322 e. The van der Waals surface area contributed by atoms with Gasteiger partial charge in [0.25, 0.3) is 11.8 Å². The molecule has 3 rings (SSSR count). The lowest BCUT2D eigenvalue weighted by molar-refractivity contribution is 0.100. The first kappa shape index (κ1) is 18.1. The number of ketones is 1. The van der Waals surface area contributed by atoms with Crippen LogP contribution in [0.1, 0.15) is 27.6 Å². The molecule has 3 aromatic rings. The van der Waals surface area contributed by atoms with Gasteiger partial charge in [0.2, 0.25) is 0 Å². The van der Waals surface area contributed by atoms with Gasteiger partial charge >= 0.3 is 6.01 Å². The number of anilines is 1. The maximum atomic E-state index is 12.3. The molecule has 0 saturated carbocycles. The van der Waals surface area contributed by atoms with E-state index in [4.69, 9.17) is 13.9 Å². The molecule has 0 unspecified atom stereocenters. The molecule has 8 heteroatoms. The van der Waals surface area contributed by atoms with Crippen molar-refractivity contribution in [1.82, 2.24) is 10.2 Å². The zero-order chi connectivity index (χ0) is 19.4. The molecule has 0 fully saturated rings. The van der Waals surface area contributed by atoms with Crippen molar-refractivity contribution in [2.75, 3.05) is 19.5 Å². The molecule has 1 aromatic heterocycles. The van der Waals surface area contributed by atoms with E-state index in [2.05, 4.69) is 15.5 Å². The van der Waals surface area contributed by atoms with Gasteiger partial charge in [0.05, 0.1) is 19.8 Å². The number of aromatic nitrogens is 2. The minimum atomic E-state index is -0.432. The first-order valence-electron chi connectivity index (χ1n) is 8.00. The zero-order valence-corrected chi connectivity index (χ0v) is 15.0. The predicted octanol–water partition coefficient (Wildman–Crippen LogP) is 3.21. The van der Waals surface area contributed by atoms with Crippen molar-refractivity contribution in [2.24, 2.45) is 0 Å². The molecular formula is C19H17N3O5. The number of nitrogens with zero attached hydrogens (tertiary/aromatic N) is 2. The van der Waals surface area contributed by atoms with Crippen molar-refractivity contribution in [2.45, 2.75) is 6.92 Å². The number of rotatable bonds is 6. The van der Waals surface area contributed by atoms with Crippen LogP contribution in [0.5, 0.6) is 11.5 Å². The van der Waals surface area contributed by atoms with E-state index in [1.54, 1.807) is 49.6 Å². The highest BCUT2D eigenvalue weighted by Crippen LogP contribution is 2.33. The number of hydrogen-bond donors (Lipinski definition) is 1. The minimum Gasteiger partial charge on any atom is -0.497 e. The minimum absolute atomic E-state index is 0.0597. The van der Waals surface area contributed by atoms with Crippen LogP contribution < -0.4 is 14.8 Å². The molecule has 8 nitrogen and oxygen atoms in total. The summed E-state index contributed by atoms with van der Waals surface area (Å²) < 4.78 is 16.0. The molecule has 0 saturated heterocycles. The third-order valence-electron chi connectivity index (χ3n) is 3.84. The van der Waals surface area contributed by atoms with E-state index in [1.165, 1.54) is 14.0 Å². The number of benzene rings is 2. The zero-order valence-electron chi connectivity index (χ0n) is 15.0. The largest absolute Gasteiger partial charge is 0.497 e. The summed E-state index contributed by atoms with van der Waals surface area (Å²) in [4.78, 5) is 23.6.